The molecule has 0 amide bonds. The molecule has 1 aliphatic heterocycles. The maximum Gasteiger partial charge on any atom is 0.298 e. The number of hydrogen-bond acceptors (Lipinski definition) is 4. The van der Waals surface area contributed by atoms with E-state index in [-0.39, 0.29) is 0 Å². The second-order valence-electron chi connectivity index (χ2n) is 5.61. The minimum atomic E-state index is -3.44. The van der Waals surface area contributed by atoms with Gasteiger partial charge in [0.05, 0.1) is 0 Å². The molecule has 1 aromatic carbocycles. The van der Waals surface area contributed by atoms with Gasteiger partial charge in [-0.15, -0.1) is 0 Å². The van der Waals surface area contributed by atoms with Gasteiger partial charge in [0, 0.05) is 50.6 Å². The molecule has 116 valence electrons. The SMILES string of the molecule is CNS(=O)(=O)Nc1ccc(N2CCN(C3CC3)CC2)cc1. The topological polar surface area (TPSA) is 64.7 Å². The molecular formula is C14H22N4O2S. The molecular weight excluding hydrogens is 288 g/mol. The molecule has 0 spiro atoms. The van der Waals surface area contributed by atoms with E-state index in [1.54, 1.807) is 12.1 Å². The molecule has 3 rings (SSSR count). The largest absolute Gasteiger partial charge is 0.369 e. The van der Waals surface area contributed by atoms with Crippen LogP contribution >= 0.6 is 0 Å². The summed E-state index contributed by atoms with van der Waals surface area (Å²) < 4.78 is 27.5. The lowest BCUT2D eigenvalue weighted by atomic mass is 10.2. The summed E-state index contributed by atoms with van der Waals surface area (Å²) in [6.45, 7) is 4.33. The Hall–Kier alpha value is -1.31. The van der Waals surface area contributed by atoms with E-state index in [4.69, 9.17) is 0 Å². The lowest BCUT2D eigenvalue weighted by molar-refractivity contribution is 0.248. The van der Waals surface area contributed by atoms with Gasteiger partial charge in [-0.05, 0) is 37.1 Å². The van der Waals surface area contributed by atoms with E-state index >= 15 is 0 Å². The molecule has 0 atom stereocenters. The van der Waals surface area contributed by atoms with Gasteiger partial charge in [-0.25, -0.2) is 4.72 Å². The van der Waals surface area contributed by atoms with Crippen LogP contribution in [0.2, 0.25) is 0 Å². The third-order valence-corrected chi connectivity index (χ3v) is 5.17. The molecule has 1 aliphatic carbocycles. The van der Waals surface area contributed by atoms with E-state index in [0.29, 0.717) is 5.69 Å². The first-order chi connectivity index (χ1) is 10.1. The van der Waals surface area contributed by atoms with Crippen molar-refractivity contribution in [1.29, 1.82) is 0 Å². The highest BCUT2D eigenvalue weighted by Crippen LogP contribution is 2.28. The average molecular weight is 310 g/mol. The maximum absolute atomic E-state index is 11.4. The fraction of sp³-hybridized carbons (Fsp3) is 0.571. The summed E-state index contributed by atoms with van der Waals surface area (Å²) in [7, 11) is -2.06. The molecule has 1 saturated carbocycles. The lowest BCUT2D eigenvalue weighted by Gasteiger charge is -2.36. The fourth-order valence-corrected chi connectivity index (χ4v) is 3.28. The van der Waals surface area contributed by atoms with Gasteiger partial charge in [-0.1, -0.05) is 0 Å². The van der Waals surface area contributed by atoms with Gasteiger partial charge in [-0.3, -0.25) is 9.62 Å². The Kier molecular flexibility index (Phi) is 4.05. The standard InChI is InChI=1S/C14H22N4O2S/c1-15-21(19,20)16-12-2-4-13(5-3-12)17-8-10-18(11-9-17)14-6-7-14/h2-5,14-16H,6-11H2,1H3. The molecule has 0 bridgehead atoms. The van der Waals surface area contributed by atoms with E-state index in [0.717, 1.165) is 37.9 Å². The Morgan fingerprint density at radius 3 is 2.19 bits per heavy atom. The van der Waals surface area contributed by atoms with Gasteiger partial charge < -0.3 is 4.90 Å². The molecule has 2 fully saturated rings. The Morgan fingerprint density at radius 1 is 1.05 bits per heavy atom. The van der Waals surface area contributed by atoms with Crippen LogP contribution in [0.4, 0.5) is 11.4 Å². The van der Waals surface area contributed by atoms with Crippen molar-refractivity contribution in [3.8, 4) is 0 Å². The summed E-state index contributed by atoms with van der Waals surface area (Å²) in [6.07, 6.45) is 2.72. The second kappa shape index (κ2) is 5.82. The van der Waals surface area contributed by atoms with Crippen molar-refractivity contribution in [1.82, 2.24) is 9.62 Å². The summed E-state index contributed by atoms with van der Waals surface area (Å²) in [5.74, 6) is 0. The molecule has 1 heterocycles. The van der Waals surface area contributed by atoms with Crippen molar-refractivity contribution in [2.24, 2.45) is 0 Å². The number of nitrogens with one attached hydrogen (secondary N) is 2. The van der Waals surface area contributed by atoms with Crippen LogP contribution in [0.15, 0.2) is 24.3 Å². The number of benzene rings is 1. The van der Waals surface area contributed by atoms with Crippen LogP contribution in [-0.4, -0.2) is 52.6 Å². The first kappa shape index (κ1) is 14.6. The van der Waals surface area contributed by atoms with E-state index in [1.165, 1.54) is 19.9 Å². The van der Waals surface area contributed by atoms with Crippen molar-refractivity contribution in [3.63, 3.8) is 0 Å². The van der Waals surface area contributed by atoms with E-state index < -0.39 is 10.2 Å². The normalized spacial score (nSPS) is 20.5. The summed E-state index contributed by atoms with van der Waals surface area (Å²) in [6, 6.07) is 8.39. The minimum absolute atomic E-state index is 0.574. The lowest BCUT2D eigenvalue weighted by Crippen LogP contribution is -2.47. The number of hydrogen-bond donors (Lipinski definition) is 2. The van der Waals surface area contributed by atoms with Gasteiger partial charge in [0.15, 0.2) is 0 Å². The van der Waals surface area contributed by atoms with Crippen LogP contribution in [0.1, 0.15) is 12.8 Å². The van der Waals surface area contributed by atoms with Crippen molar-refractivity contribution in [2.75, 3.05) is 42.8 Å². The number of piperazine rings is 1. The van der Waals surface area contributed by atoms with Crippen LogP contribution in [0.25, 0.3) is 0 Å². The highest BCUT2D eigenvalue weighted by Gasteiger charge is 2.31. The Bertz CT molecular complexity index is 575. The molecule has 1 saturated heterocycles. The molecule has 1 aromatic rings. The van der Waals surface area contributed by atoms with E-state index in [9.17, 15) is 8.42 Å². The minimum Gasteiger partial charge on any atom is -0.369 e. The van der Waals surface area contributed by atoms with Crippen molar-refractivity contribution in [2.45, 2.75) is 18.9 Å². The van der Waals surface area contributed by atoms with Gasteiger partial charge in [0.2, 0.25) is 0 Å². The third kappa shape index (κ3) is 3.66. The predicted molar refractivity (Wildman–Crippen MR) is 84.9 cm³/mol. The first-order valence-electron chi connectivity index (χ1n) is 7.38. The number of nitrogens with zero attached hydrogens (tertiary/aromatic N) is 2. The smallest absolute Gasteiger partial charge is 0.298 e. The van der Waals surface area contributed by atoms with Gasteiger partial charge in [0.1, 0.15) is 0 Å². The zero-order valence-corrected chi connectivity index (χ0v) is 13.1. The van der Waals surface area contributed by atoms with Crippen LogP contribution in [-0.2, 0) is 10.2 Å². The molecule has 6 nitrogen and oxygen atoms in total. The summed E-state index contributed by atoms with van der Waals surface area (Å²) in [5.41, 5.74) is 1.72. The van der Waals surface area contributed by atoms with Gasteiger partial charge >= 0.3 is 0 Å². The van der Waals surface area contributed by atoms with Gasteiger partial charge in [0.25, 0.3) is 10.2 Å². The number of anilines is 2. The fourth-order valence-electron chi connectivity index (χ4n) is 2.73. The Balaban J connectivity index is 1.59. The molecule has 2 N–H and O–H groups in total. The monoisotopic (exact) mass is 310 g/mol. The molecule has 21 heavy (non-hydrogen) atoms. The molecule has 0 unspecified atom stereocenters. The second-order valence-corrected chi connectivity index (χ2v) is 7.23. The molecule has 7 heteroatoms. The predicted octanol–water partition coefficient (Wildman–Crippen LogP) is 0.847. The summed E-state index contributed by atoms with van der Waals surface area (Å²) >= 11 is 0. The highest BCUT2D eigenvalue weighted by atomic mass is 32.2. The summed E-state index contributed by atoms with van der Waals surface area (Å²) in [5, 5.41) is 0. The van der Waals surface area contributed by atoms with Crippen LogP contribution in [0, 0.1) is 0 Å². The van der Waals surface area contributed by atoms with Crippen LogP contribution in [0.5, 0.6) is 0 Å². The van der Waals surface area contributed by atoms with Gasteiger partial charge in [-0.2, -0.15) is 8.42 Å². The van der Waals surface area contributed by atoms with Crippen LogP contribution in [0.3, 0.4) is 0 Å². The van der Waals surface area contributed by atoms with E-state index in [2.05, 4.69) is 19.2 Å². The quantitative estimate of drug-likeness (QED) is 0.846. The summed E-state index contributed by atoms with van der Waals surface area (Å²) in [4.78, 5) is 4.93. The Labute approximate surface area is 126 Å². The zero-order chi connectivity index (χ0) is 14.9. The third-order valence-electron chi connectivity index (χ3n) is 4.13. The maximum atomic E-state index is 11.4. The molecule has 0 radical (unpaired) electrons. The number of rotatable bonds is 5. The Morgan fingerprint density at radius 2 is 1.67 bits per heavy atom. The van der Waals surface area contributed by atoms with Crippen molar-refractivity contribution < 1.29 is 8.42 Å². The van der Waals surface area contributed by atoms with Crippen molar-refractivity contribution in [3.05, 3.63) is 24.3 Å². The molecule has 2 aliphatic rings. The van der Waals surface area contributed by atoms with Crippen LogP contribution < -0.4 is 14.3 Å². The average Bonchev–Trinajstić information content (AvgIpc) is 3.33. The van der Waals surface area contributed by atoms with E-state index in [1.807, 2.05) is 12.1 Å². The highest BCUT2D eigenvalue weighted by molar-refractivity contribution is 7.90. The first-order valence-corrected chi connectivity index (χ1v) is 8.86. The van der Waals surface area contributed by atoms with Crippen molar-refractivity contribution >= 4 is 21.6 Å². The zero-order valence-electron chi connectivity index (χ0n) is 12.2. The molecule has 0 aromatic heterocycles.